The van der Waals surface area contributed by atoms with Crippen LogP contribution in [0, 0.1) is 35.3 Å². The molecule has 3 aliphatic carbocycles. The SMILES string of the molecule is CC.CC.C[C]1C=CC(c2c(F)cc(C3CCC(C4CCC(C)CC4)CC3)cc2F)=CC1F. The summed E-state index contributed by atoms with van der Waals surface area (Å²) in [6, 6.07) is 2.97. The molecule has 33 heavy (non-hydrogen) atoms. The first kappa shape index (κ1) is 27.7. The molecular weight excluding hydrogens is 417 g/mol. The maximum Gasteiger partial charge on any atom is 0.134 e. The molecule has 3 aliphatic rings. The Morgan fingerprint density at radius 1 is 0.727 bits per heavy atom. The van der Waals surface area contributed by atoms with Gasteiger partial charge in [-0.25, -0.2) is 13.2 Å². The van der Waals surface area contributed by atoms with Gasteiger partial charge in [0.2, 0.25) is 0 Å². The third-order valence-electron chi connectivity index (χ3n) is 7.61. The van der Waals surface area contributed by atoms with Gasteiger partial charge in [0.25, 0.3) is 0 Å². The fourth-order valence-electron chi connectivity index (χ4n) is 5.61. The average molecular weight is 462 g/mol. The van der Waals surface area contributed by atoms with Crippen molar-refractivity contribution in [2.24, 2.45) is 17.8 Å². The highest BCUT2D eigenvalue weighted by atomic mass is 19.1. The van der Waals surface area contributed by atoms with Gasteiger partial charge in [0.05, 0.1) is 5.56 Å². The van der Waals surface area contributed by atoms with Gasteiger partial charge in [-0.15, -0.1) is 0 Å². The second-order valence-electron chi connectivity index (χ2n) is 9.59. The monoisotopic (exact) mass is 461 g/mol. The molecule has 4 rings (SSSR count). The van der Waals surface area contributed by atoms with Gasteiger partial charge in [0, 0.05) is 5.92 Å². The van der Waals surface area contributed by atoms with Crippen LogP contribution in [-0.2, 0) is 0 Å². The number of hydrogen-bond donors (Lipinski definition) is 0. The van der Waals surface area contributed by atoms with Crippen molar-refractivity contribution in [2.45, 2.75) is 105 Å². The molecule has 1 radical (unpaired) electrons. The minimum absolute atomic E-state index is 0.106. The second kappa shape index (κ2) is 13.4. The fourth-order valence-corrected chi connectivity index (χ4v) is 5.61. The molecule has 0 amide bonds. The molecule has 0 heterocycles. The predicted octanol–water partition coefficient (Wildman–Crippen LogP) is 10.0. The maximum atomic E-state index is 14.8. The smallest absolute Gasteiger partial charge is 0.134 e. The minimum atomic E-state index is -1.29. The summed E-state index contributed by atoms with van der Waals surface area (Å²) in [7, 11) is 0. The van der Waals surface area contributed by atoms with Gasteiger partial charge in [-0.1, -0.05) is 66.5 Å². The number of allylic oxidation sites excluding steroid dienone is 4. The third kappa shape index (κ3) is 6.99. The highest BCUT2D eigenvalue weighted by molar-refractivity contribution is 5.77. The molecule has 1 atom stereocenters. The third-order valence-corrected chi connectivity index (χ3v) is 7.61. The fraction of sp³-hybridized carbons (Fsp3) is 0.633. The summed E-state index contributed by atoms with van der Waals surface area (Å²) in [5, 5.41) is 0. The van der Waals surface area contributed by atoms with E-state index in [1.54, 1.807) is 19.1 Å². The molecular formula is C30H44F3. The molecule has 2 saturated carbocycles. The van der Waals surface area contributed by atoms with Gasteiger partial charge in [0.1, 0.15) is 17.8 Å². The van der Waals surface area contributed by atoms with Gasteiger partial charge < -0.3 is 0 Å². The largest absolute Gasteiger partial charge is 0.242 e. The molecule has 2 fully saturated rings. The van der Waals surface area contributed by atoms with Gasteiger partial charge >= 0.3 is 0 Å². The summed E-state index contributed by atoms with van der Waals surface area (Å²) < 4.78 is 43.6. The summed E-state index contributed by atoms with van der Waals surface area (Å²) in [5.41, 5.74) is 0.949. The van der Waals surface area contributed by atoms with Gasteiger partial charge in [0.15, 0.2) is 0 Å². The molecule has 0 aliphatic heterocycles. The normalized spacial score (nSPS) is 29.8. The number of benzene rings is 1. The van der Waals surface area contributed by atoms with E-state index in [4.69, 9.17) is 0 Å². The van der Waals surface area contributed by atoms with E-state index in [1.807, 2.05) is 27.7 Å². The lowest BCUT2D eigenvalue weighted by Crippen LogP contribution is -2.24. The molecule has 1 aromatic rings. The molecule has 0 spiro atoms. The number of hydrogen-bond acceptors (Lipinski definition) is 0. The van der Waals surface area contributed by atoms with E-state index in [9.17, 15) is 13.2 Å². The van der Waals surface area contributed by atoms with Gasteiger partial charge in [-0.3, -0.25) is 0 Å². The van der Waals surface area contributed by atoms with Crippen molar-refractivity contribution in [2.75, 3.05) is 0 Å². The van der Waals surface area contributed by atoms with Crippen molar-refractivity contribution >= 4 is 5.57 Å². The van der Waals surface area contributed by atoms with Crippen molar-refractivity contribution in [3.8, 4) is 0 Å². The summed E-state index contributed by atoms with van der Waals surface area (Å²) in [5.74, 6) is 2.13. The number of halogens is 3. The van der Waals surface area contributed by atoms with Crippen molar-refractivity contribution in [3.63, 3.8) is 0 Å². The topological polar surface area (TPSA) is 0 Å². The Hall–Kier alpha value is -1.51. The molecule has 0 aromatic heterocycles. The Kier molecular flexibility index (Phi) is 11.3. The average Bonchev–Trinajstić information content (AvgIpc) is 2.84. The highest BCUT2D eigenvalue weighted by Crippen LogP contribution is 2.44. The lowest BCUT2D eigenvalue weighted by atomic mass is 9.68. The Balaban J connectivity index is 0.000000914. The van der Waals surface area contributed by atoms with E-state index in [1.165, 1.54) is 56.7 Å². The van der Waals surface area contributed by atoms with Crippen LogP contribution in [-0.4, -0.2) is 6.17 Å². The van der Waals surface area contributed by atoms with Crippen LogP contribution in [0.3, 0.4) is 0 Å². The predicted molar refractivity (Wildman–Crippen MR) is 136 cm³/mol. The molecule has 1 aromatic carbocycles. The summed E-state index contributed by atoms with van der Waals surface area (Å²) >= 11 is 0. The van der Waals surface area contributed by atoms with E-state index < -0.39 is 17.8 Å². The van der Waals surface area contributed by atoms with Crippen LogP contribution in [0.5, 0.6) is 0 Å². The van der Waals surface area contributed by atoms with Crippen molar-refractivity contribution < 1.29 is 13.2 Å². The first-order chi connectivity index (χ1) is 15.9. The standard InChI is InChI=1S/C26H32F3.2C2H6/c1-16-3-6-18(7-4-16)19-9-11-20(12-10-19)22-14-24(28)26(25(29)15-22)21-8-5-17(2)23(27)13-21;2*1-2/h5,8,13-16,18-20,23H,3-4,6-7,9-12H2,1-2H3;2*1-2H3. The van der Waals surface area contributed by atoms with Crippen LogP contribution < -0.4 is 0 Å². The number of rotatable bonds is 3. The zero-order chi connectivity index (χ0) is 24.5. The Morgan fingerprint density at radius 2 is 1.21 bits per heavy atom. The molecule has 0 nitrogen and oxygen atoms in total. The molecule has 185 valence electrons. The van der Waals surface area contributed by atoms with Gasteiger partial charge in [-0.2, -0.15) is 0 Å². The van der Waals surface area contributed by atoms with E-state index in [0.717, 1.165) is 36.2 Å². The highest BCUT2D eigenvalue weighted by Gasteiger charge is 2.31. The first-order valence-electron chi connectivity index (χ1n) is 13.3. The van der Waals surface area contributed by atoms with Crippen molar-refractivity contribution in [1.29, 1.82) is 0 Å². The summed E-state index contributed by atoms with van der Waals surface area (Å²) in [4.78, 5) is 0. The van der Waals surface area contributed by atoms with Crippen LogP contribution in [0.25, 0.3) is 5.57 Å². The van der Waals surface area contributed by atoms with Crippen LogP contribution in [0.1, 0.15) is 110 Å². The molecule has 0 saturated heterocycles. The quantitative estimate of drug-likeness (QED) is 0.420. The lowest BCUT2D eigenvalue weighted by molar-refractivity contribution is 0.165. The van der Waals surface area contributed by atoms with Crippen LogP contribution in [0.15, 0.2) is 30.4 Å². The van der Waals surface area contributed by atoms with Crippen LogP contribution in [0.2, 0.25) is 0 Å². The number of alkyl halides is 1. The Bertz CT molecular complexity index is 755. The van der Waals surface area contributed by atoms with E-state index in [0.29, 0.717) is 11.5 Å². The molecule has 1 unspecified atom stereocenters. The van der Waals surface area contributed by atoms with E-state index in [-0.39, 0.29) is 11.5 Å². The zero-order valence-electron chi connectivity index (χ0n) is 21.6. The maximum absolute atomic E-state index is 14.8. The lowest BCUT2D eigenvalue weighted by Gasteiger charge is -2.37. The molecule has 0 bridgehead atoms. The van der Waals surface area contributed by atoms with Crippen molar-refractivity contribution in [3.05, 3.63) is 59.0 Å². The molecule has 3 heteroatoms. The Labute approximate surface area is 200 Å². The Morgan fingerprint density at radius 3 is 1.70 bits per heavy atom. The van der Waals surface area contributed by atoms with Crippen molar-refractivity contribution in [1.82, 2.24) is 0 Å². The first-order valence-corrected chi connectivity index (χ1v) is 13.3. The molecule has 0 N–H and O–H groups in total. The van der Waals surface area contributed by atoms with Gasteiger partial charge in [-0.05, 0) is 91.5 Å². The zero-order valence-corrected chi connectivity index (χ0v) is 21.6. The summed E-state index contributed by atoms with van der Waals surface area (Å²) in [6.07, 6.45) is 13.0. The van der Waals surface area contributed by atoms with E-state index >= 15 is 0 Å². The van der Waals surface area contributed by atoms with E-state index in [2.05, 4.69) is 6.92 Å². The minimum Gasteiger partial charge on any atom is -0.242 e. The second-order valence-corrected chi connectivity index (χ2v) is 9.59. The summed E-state index contributed by atoms with van der Waals surface area (Å²) in [6.45, 7) is 12.0. The van der Waals surface area contributed by atoms with Crippen LogP contribution in [0.4, 0.5) is 13.2 Å². The van der Waals surface area contributed by atoms with Crippen LogP contribution >= 0.6 is 0 Å².